The van der Waals surface area contributed by atoms with E-state index in [1.54, 1.807) is 18.7 Å². The molecule has 0 saturated heterocycles. The number of aliphatic hydroxyl groups is 2. The topological polar surface area (TPSA) is 71.0 Å². The number of fused-ring (bicyclic) bond motifs is 1. The third-order valence-electron chi connectivity index (χ3n) is 3.11. The van der Waals surface area contributed by atoms with Crippen LogP contribution in [-0.4, -0.2) is 48.4 Å². The Kier molecular flexibility index (Phi) is 5.15. The summed E-state index contributed by atoms with van der Waals surface area (Å²) in [7, 11) is 0. The highest BCUT2D eigenvalue weighted by Gasteiger charge is 2.19. The molecule has 1 aromatic rings. The highest BCUT2D eigenvalue weighted by molar-refractivity contribution is 7.98. The average Bonchev–Trinajstić information content (AvgIpc) is 2.46. The van der Waals surface area contributed by atoms with Crippen molar-refractivity contribution in [3.63, 3.8) is 0 Å². The molecule has 0 spiro atoms. The fourth-order valence-corrected chi connectivity index (χ4v) is 2.58. The fourth-order valence-electron chi connectivity index (χ4n) is 1.96. The van der Waals surface area contributed by atoms with Crippen LogP contribution in [0.4, 0.5) is 0 Å². The molecule has 5 nitrogen and oxygen atoms in total. The second-order valence-corrected chi connectivity index (χ2v) is 5.91. The van der Waals surface area contributed by atoms with Gasteiger partial charge in [-0.05, 0) is 30.9 Å². The Balaban J connectivity index is 2.06. The van der Waals surface area contributed by atoms with Gasteiger partial charge in [-0.25, -0.2) is 0 Å². The molecule has 0 aliphatic carbocycles. The van der Waals surface area contributed by atoms with Crippen LogP contribution in [0.5, 0.6) is 11.5 Å². The fraction of sp³-hybridized carbons (Fsp3) is 0.571. The Morgan fingerprint density at radius 1 is 1.30 bits per heavy atom. The minimum atomic E-state index is -1.10. The average molecular weight is 299 g/mol. The molecule has 0 bridgehead atoms. The van der Waals surface area contributed by atoms with Crippen molar-refractivity contribution in [1.82, 2.24) is 5.32 Å². The summed E-state index contributed by atoms with van der Waals surface area (Å²) in [4.78, 5) is 1.12. The Bertz CT molecular complexity index is 465. The summed E-state index contributed by atoms with van der Waals surface area (Å²) in [6, 6.07) is 3.96. The maximum absolute atomic E-state index is 9.76. The van der Waals surface area contributed by atoms with E-state index in [-0.39, 0.29) is 6.61 Å². The first kappa shape index (κ1) is 15.4. The van der Waals surface area contributed by atoms with Gasteiger partial charge in [-0.2, -0.15) is 0 Å². The van der Waals surface area contributed by atoms with E-state index in [1.165, 1.54) is 0 Å². The maximum atomic E-state index is 9.76. The van der Waals surface area contributed by atoms with Crippen molar-refractivity contribution >= 4 is 11.8 Å². The highest BCUT2D eigenvalue weighted by atomic mass is 32.2. The molecule has 1 aliphatic heterocycles. The summed E-state index contributed by atoms with van der Waals surface area (Å²) in [5.74, 6) is 1.55. The summed E-state index contributed by atoms with van der Waals surface area (Å²) in [5, 5.41) is 21.9. The van der Waals surface area contributed by atoms with E-state index in [0.29, 0.717) is 26.3 Å². The molecule has 1 atom stereocenters. The predicted molar refractivity (Wildman–Crippen MR) is 78.6 cm³/mol. The number of thioether (sulfide) groups is 1. The normalized spacial score (nSPS) is 16.8. The molecule has 1 unspecified atom stereocenters. The van der Waals surface area contributed by atoms with Crippen LogP contribution in [0.2, 0.25) is 0 Å². The molecule has 0 aromatic heterocycles. The van der Waals surface area contributed by atoms with Crippen LogP contribution >= 0.6 is 11.8 Å². The molecular formula is C14H21NO4S. The molecule has 1 aliphatic rings. The first-order valence-corrected chi connectivity index (χ1v) is 7.79. The van der Waals surface area contributed by atoms with E-state index < -0.39 is 5.60 Å². The summed E-state index contributed by atoms with van der Waals surface area (Å²) in [5.41, 5.74) is -0.0108. The Morgan fingerprint density at radius 2 is 1.95 bits per heavy atom. The summed E-state index contributed by atoms with van der Waals surface area (Å²) in [6.45, 7) is 3.40. The van der Waals surface area contributed by atoms with Crippen molar-refractivity contribution in [2.24, 2.45) is 0 Å². The molecule has 1 aromatic carbocycles. The van der Waals surface area contributed by atoms with Crippen molar-refractivity contribution in [2.45, 2.75) is 24.0 Å². The standard InChI is InChI=1S/C14H21NO4S/c1-14(17,9-16)8-15-7-10-5-11-12(6-13(10)20-2)19-4-3-18-11/h5-6,15-17H,3-4,7-9H2,1-2H3. The third kappa shape index (κ3) is 3.79. The molecule has 2 rings (SSSR count). The Morgan fingerprint density at radius 3 is 2.55 bits per heavy atom. The zero-order chi connectivity index (χ0) is 14.6. The lowest BCUT2D eigenvalue weighted by Crippen LogP contribution is -2.40. The summed E-state index contributed by atoms with van der Waals surface area (Å²) >= 11 is 1.64. The largest absolute Gasteiger partial charge is 0.486 e. The molecular weight excluding hydrogens is 278 g/mol. The lowest BCUT2D eigenvalue weighted by atomic mass is 10.1. The molecule has 0 fully saturated rings. The van der Waals surface area contributed by atoms with Crippen LogP contribution in [0.15, 0.2) is 17.0 Å². The smallest absolute Gasteiger partial charge is 0.162 e. The second-order valence-electron chi connectivity index (χ2n) is 5.07. The number of benzene rings is 1. The Hall–Kier alpha value is -0.950. The number of ether oxygens (including phenoxy) is 2. The van der Waals surface area contributed by atoms with Gasteiger partial charge < -0.3 is 25.0 Å². The van der Waals surface area contributed by atoms with E-state index in [9.17, 15) is 5.11 Å². The molecule has 3 N–H and O–H groups in total. The van der Waals surface area contributed by atoms with Crippen molar-refractivity contribution in [3.8, 4) is 11.5 Å². The van der Waals surface area contributed by atoms with Crippen molar-refractivity contribution in [3.05, 3.63) is 17.7 Å². The van der Waals surface area contributed by atoms with Gasteiger partial charge in [0.25, 0.3) is 0 Å². The van der Waals surface area contributed by atoms with Crippen LogP contribution in [-0.2, 0) is 6.54 Å². The van der Waals surface area contributed by atoms with E-state index in [4.69, 9.17) is 14.6 Å². The lowest BCUT2D eigenvalue weighted by molar-refractivity contribution is 0.00250. The SMILES string of the molecule is CSc1cc2c(cc1CNCC(C)(O)CO)OCCO2. The van der Waals surface area contributed by atoms with Gasteiger partial charge in [0.05, 0.1) is 12.2 Å². The zero-order valence-corrected chi connectivity index (χ0v) is 12.6. The molecule has 1 heterocycles. The van der Waals surface area contributed by atoms with E-state index in [1.807, 2.05) is 18.4 Å². The molecule has 20 heavy (non-hydrogen) atoms. The minimum Gasteiger partial charge on any atom is -0.486 e. The lowest BCUT2D eigenvalue weighted by Gasteiger charge is -2.23. The summed E-state index contributed by atoms with van der Waals surface area (Å²) in [6.07, 6.45) is 2.01. The minimum absolute atomic E-state index is 0.267. The number of aliphatic hydroxyl groups excluding tert-OH is 1. The molecule has 112 valence electrons. The Labute approximate surface area is 123 Å². The van der Waals surface area contributed by atoms with Crippen LogP contribution in [0.25, 0.3) is 0 Å². The van der Waals surface area contributed by atoms with Gasteiger partial charge in [0, 0.05) is 18.0 Å². The van der Waals surface area contributed by atoms with Crippen LogP contribution < -0.4 is 14.8 Å². The molecule has 0 amide bonds. The molecule has 0 saturated carbocycles. The molecule has 6 heteroatoms. The first-order valence-electron chi connectivity index (χ1n) is 6.56. The number of rotatable bonds is 6. The second kappa shape index (κ2) is 6.67. The van der Waals surface area contributed by atoms with E-state index in [0.717, 1.165) is 22.0 Å². The van der Waals surface area contributed by atoms with Crippen molar-refractivity contribution in [2.75, 3.05) is 32.6 Å². The van der Waals surface area contributed by atoms with Crippen LogP contribution in [0, 0.1) is 0 Å². The van der Waals surface area contributed by atoms with Crippen LogP contribution in [0.3, 0.4) is 0 Å². The maximum Gasteiger partial charge on any atom is 0.162 e. The highest BCUT2D eigenvalue weighted by Crippen LogP contribution is 2.36. The quantitative estimate of drug-likeness (QED) is 0.681. The van der Waals surface area contributed by atoms with Crippen LogP contribution in [0.1, 0.15) is 12.5 Å². The number of hydrogen-bond acceptors (Lipinski definition) is 6. The summed E-state index contributed by atoms with van der Waals surface area (Å²) < 4.78 is 11.1. The van der Waals surface area contributed by atoms with Gasteiger partial charge in [-0.1, -0.05) is 0 Å². The number of nitrogens with one attached hydrogen (secondary N) is 1. The van der Waals surface area contributed by atoms with Gasteiger partial charge in [0.2, 0.25) is 0 Å². The number of hydrogen-bond donors (Lipinski definition) is 3. The van der Waals surface area contributed by atoms with E-state index >= 15 is 0 Å². The predicted octanol–water partition coefficient (Wildman–Crippen LogP) is 1.01. The van der Waals surface area contributed by atoms with Crippen molar-refractivity contribution in [1.29, 1.82) is 0 Å². The van der Waals surface area contributed by atoms with Gasteiger partial charge >= 0.3 is 0 Å². The zero-order valence-electron chi connectivity index (χ0n) is 11.8. The molecule has 0 radical (unpaired) electrons. The monoisotopic (exact) mass is 299 g/mol. The van der Waals surface area contributed by atoms with Gasteiger partial charge in [0.15, 0.2) is 11.5 Å². The van der Waals surface area contributed by atoms with Gasteiger partial charge in [-0.15, -0.1) is 11.8 Å². The van der Waals surface area contributed by atoms with Gasteiger partial charge in [-0.3, -0.25) is 0 Å². The van der Waals surface area contributed by atoms with E-state index in [2.05, 4.69) is 5.32 Å². The van der Waals surface area contributed by atoms with Gasteiger partial charge in [0.1, 0.15) is 13.2 Å². The van der Waals surface area contributed by atoms with Crippen molar-refractivity contribution < 1.29 is 19.7 Å². The first-order chi connectivity index (χ1) is 9.55. The third-order valence-corrected chi connectivity index (χ3v) is 3.93.